The number of piperidine rings is 1. The molecule has 0 saturated carbocycles. The molecule has 2 aliphatic rings. The second-order valence-corrected chi connectivity index (χ2v) is 6.51. The lowest BCUT2D eigenvalue weighted by atomic mass is 10.1. The highest BCUT2D eigenvalue weighted by molar-refractivity contribution is 5.95. The summed E-state index contributed by atoms with van der Waals surface area (Å²) in [4.78, 5) is 16.2. The third-order valence-corrected chi connectivity index (χ3v) is 4.76. The second-order valence-electron chi connectivity index (χ2n) is 6.51. The molecular weight excluding hydrogens is 292 g/mol. The lowest BCUT2D eigenvalue weighted by Crippen LogP contribution is -2.44. The first-order valence-electron chi connectivity index (χ1n) is 8.41. The van der Waals surface area contributed by atoms with Crippen LogP contribution in [0.4, 0.5) is 11.4 Å². The van der Waals surface area contributed by atoms with Crippen molar-refractivity contribution in [3.8, 4) is 0 Å². The van der Waals surface area contributed by atoms with Gasteiger partial charge in [0.05, 0.1) is 11.3 Å². The van der Waals surface area contributed by atoms with Crippen molar-refractivity contribution in [2.45, 2.75) is 18.9 Å². The molecule has 0 aromatic heterocycles. The highest BCUT2D eigenvalue weighted by Gasteiger charge is 2.20. The van der Waals surface area contributed by atoms with Gasteiger partial charge in [-0.1, -0.05) is 0 Å². The summed E-state index contributed by atoms with van der Waals surface area (Å²) in [7, 11) is 2.13. The highest BCUT2D eigenvalue weighted by atomic mass is 16.4. The van der Waals surface area contributed by atoms with E-state index >= 15 is 0 Å². The van der Waals surface area contributed by atoms with Crippen LogP contribution in [0.1, 0.15) is 23.2 Å². The van der Waals surface area contributed by atoms with Crippen molar-refractivity contribution in [3.63, 3.8) is 0 Å². The molecule has 2 saturated heterocycles. The van der Waals surface area contributed by atoms with E-state index in [0.29, 0.717) is 11.6 Å². The summed E-state index contributed by atoms with van der Waals surface area (Å²) in [6.45, 7) is 5.97. The van der Waals surface area contributed by atoms with E-state index in [9.17, 15) is 9.90 Å². The Labute approximate surface area is 137 Å². The van der Waals surface area contributed by atoms with E-state index in [0.717, 1.165) is 63.5 Å². The normalized spacial score (nSPS) is 22.8. The maximum absolute atomic E-state index is 11.5. The second kappa shape index (κ2) is 7.19. The van der Waals surface area contributed by atoms with Crippen LogP contribution in [0.15, 0.2) is 18.2 Å². The van der Waals surface area contributed by atoms with Crippen LogP contribution in [0, 0.1) is 0 Å². The quantitative estimate of drug-likeness (QED) is 0.777. The minimum Gasteiger partial charge on any atom is -0.478 e. The van der Waals surface area contributed by atoms with Gasteiger partial charge in [-0.05, 0) is 44.6 Å². The molecule has 1 unspecified atom stereocenters. The predicted molar refractivity (Wildman–Crippen MR) is 92.6 cm³/mol. The molecule has 1 aromatic rings. The summed E-state index contributed by atoms with van der Waals surface area (Å²) in [6, 6.07) is 5.96. The minimum absolute atomic E-state index is 0.296. The average Bonchev–Trinajstić information content (AvgIpc) is 2.56. The summed E-state index contributed by atoms with van der Waals surface area (Å²) in [5.41, 5.74) is 2.20. The Morgan fingerprint density at radius 2 is 2.09 bits per heavy atom. The monoisotopic (exact) mass is 318 g/mol. The van der Waals surface area contributed by atoms with Crippen molar-refractivity contribution < 1.29 is 9.90 Å². The lowest BCUT2D eigenvalue weighted by molar-refractivity contribution is 0.0698. The Morgan fingerprint density at radius 1 is 1.30 bits per heavy atom. The van der Waals surface area contributed by atoms with Gasteiger partial charge in [0.25, 0.3) is 0 Å². The van der Waals surface area contributed by atoms with Gasteiger partial charge in [0.1, 0.15) is 0 Å². The summed E-state index contributed by atoms with van der Waals surface area (Å²) in [5, 5.41) is 16.3. The van der Waals surface area contributed by atoms with Gasteiger partial charge in [0.15, 0.2) is 0 Å². The largest absolute Gasteiger partial charge is 0.478 e. The number of carboxylic acid groups (broad SMARTS) is 1. The molecule has 6 heteroatoms. The van der Waals surface area contributed by atoms with E-state index in [2.05, 4.69) is 27.5 Å². The van der Waals surface area contributed by atoms with E-state index in [1.54, 1.807) is 6.07 Å². The first-order valence-corrected chi connectivity index (χ1v) is 8.41. The number of carbonyl (C=O) groups is 1. The van der Waals surface area contributed by atoms with E-state index in [1.807, 2.05) is 12.1 Å². The third-order valence-electron chi connectivity index (χ3n) is 4.76. The van der Waals surface area contributed by atoms with Crippen LogP contribution < -0.4 is 15.5 Å². The Morgan fingerprint density at radius 3 is 2.74 bits per heavy atom. The number of rotatable bonds is 4. The zero-order chi connectivity index (χ0) is 16.2. The van der Waals surface area contributed by atoms with Crippen LogP contribution in [-0.4, -0.2) is 68.3 Å². The molecule has 2 aliphatic heterocycles. The Bertz CT molecular complexity index is 550. The number of benzene rings is 1. The molecule has 0 radical (unpaired) electrons. The SMILES string of the molecule is CN1CCN(c2ccc(C(=O)O)c(NC3CCCNC3)c2)CC1. The van der Waals surface area contributed by atoms with Crippen molar-refractivity contribution in [1.82, 2.24) is 10.2 Å². The van der Waals surface area contributed by atoms with Gasteiger partial charge in [-0.15, -0.1) is 0 Å². The number of likely N-dealkylation sites (N-methyl/N-ethyl adjacent to an activating group) is 1. The van der Waals surface area contributed by atoms with Crippen LogP contribution in [0.5, 0.6) is 0 Å². The molecule has 2 fully saturated rings. The maximum Gasteiger partial charge on any atom is 0.337 e. The smallest absolute Gasteiger partial charge is 0.337 e. The Hall–Kier alpha value is -1.79. The molecule has 3 rings (SSSR count). The molecule has 23 heavy (non-hydrogen) atoms. The topological polar surface area (TPSA) is 67.8 Å². The van der Waals surface area contributed by atoms with Gasteiger partial charge in [-0.2, -0.15) is 0 Å². The van der Waals surface area contributed by atoms with Crippen LogP contribution in [0.3, 0.4) is 0 Å². The summed E-state index contributed by atoms with van der Waals surface area (Å²) in [5.74, 6) is -0.874. The molecule has 0 spiro atoms. The predicted octanol–water partition coefficient (Wildman–Crippen LogP) is 1.30. The van der Waals surface area contributed by atoms with E-state index < -0.39 is 5.97 Å². The molecule has 0 amide bonds. The molecule has 1 atom stereocenters. The zero-order valence-corrected chi connectivity index (χ0v) is 13.7. The van der Waals surface area contributed by atoms with Crippen molar-refractivity contribution in [1.29, 1.82) is 0 Å². The standard InChI is InChI=1S/C17H26N4O2/c1-20-7-9-21(10-8-20)14-4-5-15(17(22)23)16(11-14)19-13-3-2-6-18-12-13/h4-5,11,13,18-19H,2-3,6-10,12H2,1H3,(H,22,23). The van der Waals surface area contributed by atoms with Gasteiger partial charge in [0, 0.05) is 44.5 Å². The van der Waals surface area contributed by atoms with Crippen LogP contribution >= 0.6 is 0 Å². The fourth-order valence-electron chi connectivity index (χ4n) is 3.29. The summed E-state index contributed by atoms with van der Waals surface area (Å²) < 4.78 is 0. The molecule has 0 aliphatic carbocycles. The van der Waals surface area contributed by atoms with Gasteiger partial charge in [-0.3, -0.25) is 0 Å². The number of hydrogen-bond acceptors (Lipinski definition) is 5. The first kappa shape index (κ1) is 16.1. The number of piperazine rings is 1. The molecule has 1 aromatic carbocycles. The van der Waals surface area contributed by atoms with Crippen molar-refractivity contribution >= 4 is 17.3 Å². The number of carboxylic acids is 1. The van der Waals surface area contributed by atoms with Gasteiger partial charge in [-0.25, -0.2) is 4.79 Å². The van der Waals surface area contributed by atoms with Crippen molar-refractivity contribution in [3.05, 3.63) is 23.8 Å². The fourth-order valence-corrected chi connectivity index (χ4v) is 3.29. The first-order chi connectivity index (χ1) is 11.1. The van der Waals surface area contributed by atoms with Gasteiger partial charge in [0.2, 0.25) is 0 Å². The molecule has 6 nitrogen and oxygen atoms in total. The Kier molecular flexibility index (Phi) is 5.03. The van der Waals surface area contributed by atoms with Crippen LogP contribution in [0.2, 0.25) is 0 Å². The highest BCUT2D eigenvalue weighted by Crippen LogP contribution is 2.26. The summed E-state index contributed by atoms with van der Waals surface area (Å²) in [6.07, 6.45) is 2.20. The fraction of sp³-hybridized carbons (Fsp3) is 0.588. The number of nitrogens with zero attached hydrogens (tertiary/aromatic N) is 2. The number of hydrogen-bond donors (Lipinski definition) is 3. The molecule has 3 N–H and O–H groups in total. The molecule has 126 valence electrons. The minimum atomic E-state index is -0.874. The zero-order valence-electron chi connectivity index (χ0n) is 13.7. The third kappa shape index (κ3) is 3.95. The number of anilines is 2. The summed E-state index contributed by atoms with van der Waals surface area (Å²) >= 11 is 0. The number of aromatic carboxylic acids is 1. The van der Waals surface area contributed by atoms with Gasteiger partial charge >= 0.3 is 5.97 Å². The van der Waals surface area contributed by atoms with Crippen LogP contribution in [-0.2, 0) is 0 Å². The van der Waals surface area contributed by atoms with Crippen LogP contribution in [0.25, 0.3) is 0 Å². The van der Waals surface area contributed by atoms with Crippen molar-refractivity contribution in [2.75, 3.05) is 56.5 Å². The maximum atomic E-state index is 11.5. The van der Waals surface area contributed by atoms with E-state index in [1.165, 1.54) is 0 Å². The van der Waals surface area contributed by atoms with Crippen molar-refractivity contribution in [2.24, 2.45) is 0 Å². The van der Waals surface area contributed by atoms with E-state index in [-0.39, 0.29) is 0 Å². The molecular formula is C17H26N4O2. The number of nitrogens with one attached hydrogen (secondary N) is 2. The van der Waals surface area contributed by atoms with E-state index in [4.69, 9.17) is 0 Å². The average molecular weight is 318 g/mol. The molecule has 0 bridgehead atoms. The molecule has 2 heterocycles. The Balaban J connectivity index is 1.79. The van der Waals surface area contributed by atoms with Gasteiger partial charge < -0.3 is 25.5 Å². The lowest BCUT2D eigenvalue weighted by Gasteiger charge is -2.34.